The molecule has 4 rings (SSSR count). The first-order chi connectivity index (χ1) is 14.2. The molecule has 1 aliphatic heterocycles. The number of carbonyl (C=O) groups is 1. The average Bonchev–Trinajstić information content (AvgIpc) is 3.35. The summed E-state index contributed by atoms with van der Waals surface area (Å²) in [6.07, 6.45) is 4.05. The van der Waals surface area contributed by atoms with Crippen LogP contribution in [0.2, 0.25) is 0 Å². The highest BCUT2D eigenvalue weighted by Crippen LogP contribution is 2.33. The predicted octanol–water partition coefficient (Wildman–Crippen LogP) is 3.83. The first kappa shape index (κ1) is 19.8. The van der Waals surface area contributed by atoms with Gasteiger partial charge in [-0.15, -0.1) is 11.3 Å². The maximum Gasteiger partial charge on any atom is 0.261 e. The molecule has 0 unspecified atom stereocenters. The monoisotopic (exact) mass is 409 g/mol. The van der Waals surface area contributed by atoms with Gasteiger partial charge in [0.1, 0.15) is 17.0 Å². The molecule has 1 saturated heterocycles. The lowest BCUT2D eigenvalue weighted by Gasteiger charge is -2.23. The number of likely N-dealkylation sites (tertiary alicyclic amines) is 1. The molecule has 3 heterocycles. The maximum absolute atomic E-state index is 12.8. The fourth-order valence-corrected chi connectivity index (χ4v) is 5.10. The first-order valence-corrected chi connectivity index (χ1v) is 11.0. The summed E-state index contributed by atoms with van der Waals surface area (Å²) in [5.74, 6) is 0.766. The summed E-state index contributed by atoms with van der Waals surface area (Å²) < 4.78 is 0. The van der Waals surface area contributed by atoms with Crippen molar-refractivity contribution in [2.45, 2.75) is 39.3 Å². The number of hydrogen-bond acceptors (Lipinski definition) is 6. The van der Waals surface area contributed by atoms with Gasteiger partial charge in [-0.25, -0.2) is 9.97 Å². The standard InChI is InChI=1S/C22H27N5OS/c1-3-27-11-7-10-17(27)13-23-20-18-15(2)19(29-22(18)26-14-25-20)21(28)24-12-16-8-5-4-6-9-16/h4-6,8-9,14,17H,3,7,10-13H2,1-2H3,(H,24,28)(H,23,25,26)/t17-/m0/s1. The summed E-state index contributed by atoms with van der Waals surface area (Å²) in [5.41, 5.74) is 2.02. The number of amides is 1. The van der Waals surface area contributed by atoms with Crippen molar-refractivity contribution in [3.63, 3.8) is 0 Å². The summed E-state index contributed by atoms with van der Waals surface area (Å²) in [6, 6.07) is 10.5. The second kappa shape index (κ2) is 8.88. The van der Waals surface area contributed by atoms with Crippen LogP contribution in [-0.2, 0) is 6.54 Å². The van der Waals surface area contributed by atoms with E-state index in [4.69, 9.17) is 0 Å². The van der Waals surface area contributed by atoms with Gasteiger partial charge < -0.3 is 10.6 Å². The number of anilines is 1. The van der Waals surface area contributed by atoms with Crippen LogP contribution in [0.3, 0.4) is 0 Å². The van der Waals surface area contributed by atoms with Crippen molar-refractivity contribution >= 4 is 33.3 Å². The predicted molar refractivity (Wildman–Crippen MR) is 119 cm³/mol. The van der Waals surface area contributed by atoms with Crippen LogP contribution in [0.25, 0.3) is 10.2 Å². The lowest BCUT2D eigenvalue weighted by Crippen LogP contribution is -2.34. The molecule has 2 aromatic heterocycles. The number of aryl methyl sites for hydroxylation is 1. The zero-order valence-electron chi connectivity index (χ0n) is 16.9. The van der Waals surface area contributed by atoms with Crippen molar-refractivity contribution in [1.82, 2.24) is 20.2 Å². The van der Waals surface area contributed by atoms with Gasteiger partial charge in [0.25, 0.3) is 5.91 Å². The van der Waals surface area contributed by atoms with Gasteiger partial charge in [-0.3, -0.25) is 9.69 Å². The minimum Gasteiger partial charge on any atom is -0.368 e. The van der Waals surface area contributed by atoms with Gasteiger partial charge in [-0.05, 0) is 44.0 Å². The number of hydrogen-bond donors (Lipinski definition) is 2. The summed E-state index contributed by atoms with van der Waals surface area (Å²) in [6.45, 7) is 7.83. The number of rotatable bonds is 7. The Hall–Kier alpha value is -2.51. The molecule has 3 aromatic rings. The Balaban J connectivity index is 1.51. The smallest absolute Gasteiger partial charge is 0.261 e. The molecule has 0 spiro atoms. The van der Waals surface area contributed by atoms with Crippen LogP contribution >= 0.6 is 11.3 Å². The summed E-state index contributed by atoms with van der Waals surface area (Å²) >= 11 is 1.43. The number of benzene rings is 1. The van der Waals surface area contributed by atoms with Gasteiger partial charge in [-0.2, -0.15) is 0 Å². The Bertz CT molecular complexity index is 988. The molecule has 1 atom stereocenters. The van der Waals surface area contributed by atoms with Gasteiger partial charge in [0, 0.05) is 19.1 Å². The van der Waals surface area contributed by atoms with Gasteiger partial charge >= 0.3 is 0 Å². The van der Waals surface area contributed by atoms with E-state index >= 15 is 0 Å². The fourth-order valence-electron chi connectivity index (χ4n) is 4.04. The van der Waals surface area contributed by atoms with Crippen molar-refractivity contribution < 1.29 is 4.79 Å². The third-order valence-corrected chi connectivity index (χ3v) is 6.84. The molecule has 1 fully saturated rings. The lowest BCUT2D eigenvalue weighted by atomic mass is 10.1. The van der Waals surface area contributed by atoms with Crippen LogP contribution in [0.1, 0.15) is 40.6 Å². The Morgan fingerprint density at radius 1 is 1.28 bits per heavy atom. The van der Waals surface area contributed by atoms with Crippen molar-refractivity contribution in [3.05, 3.63) is 52.7 Å². The highest BCUT2D eigenvalue weighted by molar-refractivity contribution is 7.20. The van der Waals surface area contributed by atoms with E-state index in [1.54, 1.807) is 6.33 Å². The molecule has 0 bridgehead atoms. The molecule has 0 radical (unpaired) electrons. The minimum absolute atomic E-state index is 0.0618. The van der Waals surface area contributed by atoms with Crippen LogP contribution in [-0.4, -0.2) is 46.5 Å². The van der Waals surface area contributed by atoms with Crippen LogP contribution in [0.15, 0.2) is 36.7 Å². The van der Waals surface area contributed by atoms with E-state index in [0.29, 0.717) is 17.5 Å². The summed E-state index contributed by atoms with van der Waals surface area (Å²) in [7, 11) is 0. The fraction of sp³-hybridized carbons (Fsp3) is 0.409. The van der Waals surface area contributed by atoms with Crippen LogP contribution in [0, 0.1) is 6.92 Å². The Labute approximate surface area is 175 Å². The van der Waals surface area contributed by atoms with Gasteiger partial charge in [0.05, 0.1) is 10.3 Å². The number of nitrogens with one attached hydrogen (secondary N) is 2. The third-order valence-electron chi connectivity index (χ3n) is 5.64. The van der Waals surface area contributed by atoms with E-state index < -0.39 is 0 Å². The Morgan fingerprint density at radius 2 is 2.10 bits per heavy atom. The molecule has 1 aliphatic rings. The van der Waals surface area contributed by atoms with Crippen molar-refractivity contribution in [2.75, 3.05) is 25.0 Å². The number of likely N-dealkylation sites (N-methyl/N-ethyl adjacent to an activating group) is 1. The van der Waals surface area contributed by atoms with Crippen LogP contribution in [0.5, 0.6) is 0 Å². The first-order valence-electron chi connectivity index (χ1n) is 10.2. The topological polar surface area (TPSA) is 70.1 Å². The largest absolute Gasteiger partial charge is 0.368 e. The summed E-state index contributed by atoms with van der Waals surface area (Å²) in [5, 5.41) is 7.51. The second-order valence-electron chi connectivity index (χ2n) is 7.43. The maximum atomic E-state index is 12.8. The minimum atomic E-state index is -0.0618. The van der Waals surface area contributed by atoms with Crippen LogP contribution in [0.4, 0.5) is 5.82 Å². The van der Waals surface area contributed by atoms with Gasteiger partial charge in [0.2, 0.25) is 0 Å². The van der Waals surface area contributed by atoms with E-state index in [0.717, 1.165) is 40.3 Å². The molecule has 1 aromatic carbocycles. The van der Waals surface area contributed by atoms with E-state index in [1.807, 2.05) is 37.3 Å². The molecule has 29 heavy (non-hydrogen) atoms. The molecular formula is C22H27N5OS. The number of thiophene rings is 1. The second-order valence-corrected chi connectivity index (χ2v) is 8.43. The average molecular weight is 410 g/mol. The third kappa shape index (κ3) is 4.26. The van der Waals surface area contributed by atoms with E-state index in [2.05, 4.69) is 32.4 Å². The number of aromatic nitrogens is 2. The van der Waals surface area contributed by atoms with E-state index in [1.165, 1.54) is 30.7 Å². The van der Waals surface area contributed by atoms with Crippen LogP contribution < -0.4 is 10.6 Å². The zero-order chi connectivity index (χ0) is 20.2. The molecular weight excluding hydrogens is 382 g/mol. The lowest BCUT2D eigenvalue weighted by molar-refractivity contribution is 0.0954. The molecule has 0 aliphatic carbocycles. The van der Waals surface area contributed by atoms with Gasteiger partial charge in [0.15, 0.2) is 0 Å². The van der Waals surface area contributed by atoms with Gasteiger partial charge in [-0.1, -0.05) is 37.3 Å². The van der Waals surface area contributed by atoms with Crippen molar-refractivity contribution in [2.24, 2.45) is 0 Å². The Kier molecular flexibility index (Phi) is 6.06. The number of carbonyl (C=O) groups excluding carboxylic acids is 1. The molecule has 6 nitrogen and oxygen atoms in total. The number of fused-ring (bicyclic) bond motifs is 1. The summed E-state index contributed by atoms with van der Waals surface area (Å²) in [4.78, 5) is 25.7. The molecule has 1 amide bonds. The Morgan fingerprint density at radius 3 is 2.90 bits per heavy atom. The normalized spacial score (nSPS) is 17.0. The highest BCUT2D eigenvalue weighted by atomic mass is 32.1. The molecule has 2 N–H and O–H groups in total. The molecule has 152 valence electrons. The molecule has 0 saturated carbocycles. The van der Waals surface area contributed by atoms with E-state index in [-0.39, 0.29) is 5.91 Å². The van der Waals surface area contributed by atoms with Crippen molar-refractivity contribution in [1.29, 1.82) is 0 Å². The highest BCUT2D eigenvalue weighted by Gasteiger charge is 2.24. The van der Waals surface area contributed by atoms with E-state index in [9.17, 15) is 4.79 Å². The quantitative estimate of drug-likeness (QED) is 0.621. The zero-order valence-corrected chi connectivity index (χ0v) is 17.8. The molecule has 7 heteroatoms. The van der Waals surface area contributed by atoms with Crippen molar-refractivity contribution in [3.8, 4) is 0 Å². The SMILES string of the molecule is CCN1CCC[C@H]1CNc1ncnc2sc(C(=O)NCc3ccccc3)c(C)c12. The number of nitrogens with zero attached hydrogens (tertiary/aromatic N) is 3.